The van der Waals surface area contributed by atoms with E-state index in [1.54, 1.807) is 7.11 Å². The first-order chi connectivity index (χ1) is 9.48. The van der Waals surface area contributed by atoms with E-state index in [9.17, 15) is 9.90 Å². The van der Waals surface area contributed by atoms with E-state index in [2.05, 4.69) is 0 Å². The lowest BCUT2D eigenvalue weighted by atomic mass is 9.71. The van der Waals surface area contributed by atoms with E-state index < -0.39 is 11.4 Å². The Balaban J connectivity index is 2.42. The molecular formula is C17H20O3. The van der Waals surface area contributed by atoms with Crippen LogP contribution in [0.2, 0.25) is 0 Å². The summed E-state index contributed by atoms with van der Waals surface area (Å²) in [6, 6.07) is 7.60. The number of ether oxygens (including phenoxy) is 1. The molecule has 1 N–H and O–H groups in total. The molecule has 2 rings (SSSR count). The van der Waals surface area contributed by atoms with Crippen LogP contribution in [-0.4, -0.2) is 18.2 Å². The van der Waals surface area contributed by atoms with Crippen molar-refractivity contribution < 1.29 is 14.6 Å². The molecule has 0 bridgehead atoms. The van der Waals surface area contributed by atoms with Crippen LogP contribution in [0.3, 0.4) is 0 Å². The number of allylic oxidation sites excluding steroid dienone is 2. The molecule has 0 radical (unpaired) electrons. The lowest BCUT2D eigenvalue weighted by Crippen LogP contribution is -2.34. The molecule has 3 heteroatoms. The summed E-state index contributed by atoms with van der Waals surface area (Å²) in [7, 11) is 1.61. The van der Waals surface area contributed by atoms with Crippen molar-refractivity contribution in [1.29, 1.82) is 0 Å². The van der Waals surface area contributed by atoms with Gasteiger partial charge in [-0.2, -0.15) is 0 Å². The molecular weight excluding hydrogens is 252 g/mol. The number of benzene rings is 1. The third-order valence-electron chi connectivity index (χ3n) is 3.93. The van der Waals surface area contributed by atoms with Gasteiger partial charge in [-0.15, -0.1) is 0 Å². The van der Waals surface area contributed by atoms with Crippen LogP contribution < -0.4 is 4.74 Å². The average Bonchev–Trinajstić information content (AvgIpc) is 2.43. The van der Waals surface area contributed by atoms with Gasteiger partial charge in [-0.3, -0.25) is 4.79 Å². The van der Waals surface area contributed by atoms with Crippen molar-refractivity contribution >= 4 is 5.97 Å². The molecule has 20 heavy (non-hydrogen) atoms. The number of carboxylic acids is 1. The van der Waals surface area contributed by atoms with Crippen LogP contribution in [0, 0.1) is 5.41 Å². The number of carbonyl (C=O) groups is 1. The monoisotopic (exact) mass is 272 g/mol. The Bertz CT molecular complexity index is 584. The molecule has 1 aliphatic carbocycles. The van der Waals surface area contributed by atoms with Crippen molar-refractivity contribution in [3.05, 3.63) is 53.1 Å². The molecule has 3 nitrogen and oxygen atoms in total. The second kappa shape index (κ2) is 5.53. The summed E-state index contributed by atoms with van der Waals surface area (Å²) in [5.74, 6) is -0.0469. The van der Waals surface area contributed by atoms with Crippen LogP contribution in [0.25, 0.3) is 0 Å². The summed E-state index contributed by atoms with van der Waals surface area (Å²) < 4.78 is 5.21. The molecule has 0 amide bonds. The summed E-state index contributed by atoms with van der Waals surface area (Å²) in [5.41, 5.74) is 2.03. The molecule has 0 fully saturated rings. The van der Waals surface area contributed by atoms with Gasteiger partial charge >= 0.3 is 5.97 Å². The van der Waals surface area contributed by atoms with Gasteiger partial charge < -0.3 is 9.84 Å². The summed E-state index contributed by atoms with van der Waals surface area (Å²) in [5, 5.41) is 9.75. The standard InChI is InChI=1S/C17H20O3/c1-12-7-8-13(2)17(10-12,16(18)19)11-14-5-4-6-15(9-14)20-3/h4-6,8-10H,7,11H2,1-3H3,(H,18,19). The van der Waals surface area contributed by atoms with Crippen molar-refractivity contribution in [2.75, 3.05) is 7.11 Å². The molecule has 0 spiro atoms. The fourth-order valence-electron chi connectivity index (χ4n) is 2.69. The van der Waals surface area contributed by atoms with Gasteiger partial charge in [0, 0.05) is 0 Å². The summed E-state index contributed by atoms with van der Waals surface area (Å²) in [6.45, 7) is 3.88. The Kier molecular flexibility index (Phi) is 3.98. The predicted molar refractivity (Wildman–Crippen MR) is 78.9 cm³/mol. The Morgan fingerprint density at radius 2 is 2.15 bits per heavy atom. The predicted octanol–water partition coefficient (Wildman–Crippen LogP) is 3.61. The summed E-state index contributed by atoms with van der Waals surface area (Å²) in [6.07, 6.45) is 5.19. The highest BCUT2D eigenvalue weighted by atomic mass is 16.5. The van der Waals surface area contributed by atoms with Crippen LogP contribution in [-0.2, 0) is 11.2 Å². The van der Waals surface area contributed by atoms with Gasteiger partial charge in [-0.1, -0.05) is 35.4 Å². The zero-order chi connectivity index (χ0) is 14.8. The highest BCUT2D eigenvalue weighted by molar-refractivity contribution is 5.82. The maximum absolute atomic E-state index is 11.9. The Hall–Kier alpha value is -2.03. The highest BCUT2D eigenvalue weighted by Gasteiger charge is 2.39. The van der Waals surface area contributed by atoms with Gasteiger partial charge in [0.2, 0.25) is 0 Å². The first-order valence-corrected chi connectivity index (χ1v) is 6.70. The van der Waals surface area contributed by atoms with Gasteiger partial charge in [0.15, 0.2) is 0 Å². The third kappa shape index (κ3) is 2.62. The lowest BCUT2D eigenvalue weighted by Gasteiger charge is -2.31. The Labute approximate surface area is 119 Å². The van der Waals surface area contributed by atoms with Crippen LogP contribution in [0.15, 0.2) is 47.6 Å². The van der Waals surface area contributed by atoms with E-state index in [0.29, 0.717) is 6.42 Å². The summed E-state index contributed by atoms with van der Waals surface area (Å²) in [4.78, 5) is 11.9. The molecule has 0 saturated carbocycles. The molecule has 1 aliphatic rings. The molecule has 0 heterocycles. The fraction of sp³-hybridized carbons (Fsp3) is 0.353. The van der Waals surface area contributed by atoms with Crippen molar-refractivity contribution in [1.82, 2.24) is 0 Å². The van der Waals surface area contributed by atoms with E-state index >= 15 is 0 Å². The van der Waals surface area contributed by atoms with Crippen molar-refractivity contribution in [3.8, 4) is 5.75 Å². The minimum absolute atomic E-state index is 0.444. The van der Waals surface area contributed by atoms with Crippen molar-refractivity contribution in [2.45, 2.75) is 26.7 Å². The summed E-state index contributed by atoms with van der Waals surface area (Å²) >= 11 is 0. The minimum atomic E-state index is -0.936. The van der Waals surface area contributed by atoms with E-state index in [4.69, 9.17) is 4.74 Å². The zero-order valence-corrected chi connectivity index (χ0v) is 12.1. The third-order valence-corrected chi connectivity index (χ3v) is 3.93. The quantitative estimate of drug-likeness (QED) is 0.852. The van der Waals surface area contributed by atoms with Crippen molar-refractivity contribution in [2.24, 2.45) is 5.41 Å². The maximum Gasteiger partial charge on any atom is 0.318 e. The first kappa shape index (κ1) is 14.4. The lowest BCUT2D eigenvalue weighted by molar-refractivity contribution is -0.144. The van der Waals surface area contributed by atoms with Crippen LogP contribution in [0.5, 0.6) is 5.75 Å². The van der Waals surface area contributed by atoms with Crippen LogP contribution >= 0.6 is 0 Å². The number of rotatable bonds is 4. The van der Waals surface area contributed by atoms with Crippen LogP contribution in [0.1, 0.15) is 25.8 Å². The second-order valence-corrected chi connectivity index (χ2v) is 5.39. The number of hydrogen-bond donors (Lipinski definition) is 1. The number of methoxy groups -OCH3 is 1. The molecule has 1 aromatic rings. The van der Waals surface area contributed by atoms with Crippen LogP contribution in [0.4, 0.5) is 0 Å². The molecule has 106 valence electrons. The SMILES string of the molecule is COc1cccc(CC2(C(=O)O)C=C(C)CC=C2C)c1. The molecule has 0 aromatic heterocycles. The average molecular weight is 272 g/mol. The van der Waals surface area contributed by atoms with Gasteiger partial charge in [0.05, 0.1) is 7.11 Å². The number of hydrogen-bond acceptors (Lipinski definition) is 2. The van der Waals surface area contributed by atoms with E-state index in [1.807, 2.05) is 50.3 Å². The van der Waals surface area contributed by atoms with Crippen molar-refractivity contribution in [3.63, 3.8) is 0 Å². The minimum Gasteiger partial charge on any atom is -0.497 e. The number of carboxylic acid groups (broad SMARTS) is 1. The topological polar surface area (TPSA) is 46.5 Å². The first-order valence-electron chi connectivity index (χ1n) is 6.70. The zero-order valence-electron chi connectivity index (χ0n) is 12.1. The number of aliphatic carboxylic acids is 1. The molecule has 1 atom stereocenters. The van der Waals surface area contributed by atoms with Gasteiger partial charge in [-0.05, 0) is 44.4 Å². The van der Waals surface area contributed by atoms with E-state index in [1.165, 1.54) is 0 Å². The maximum atomic E-state index is 11.9. The highest BCUT2D eigenvalue weighted by Crippen LogP contribution is 2.39. The molecule has 0 saturated heterocycles. The molecule has 0 aliphatic heterocycles. The Morgan fingerprint density at radius 1 is 1.40 bits per heavy atom. The molecule has 1 aromatic carbocycles. The van der Waals surface area contributed by atoms with Gasteiger partial charge in [0.1, 0.15) is 11.2 Å². The largest absolute Gasteiger partial charge is 0.497 e. The fourth-order valence-corrected chi connectivity index (χ4v) is 2.69. The second-order valence-electron chi connectivity index (χ2n) is 5.39. The van der Waals surface area contributed by atoms with E-state index in [-0.39, 0.29) is 0 Å². The normalized spacial score (nSPS) is 21.9. The smallest absolute Gasteiger partial charge is 0.318 e. The van der Waals surface area contributed by atoms with Gasteiger partial charge in [0.25, 0.3) is 0 Å². The Morgan fingerprint density at radius 3 is 2.80 bits per heavy atom. The van der Waals surface area contributed by atoms with Gasteiger partial charge in [-0.25, -0.2) is 0 Å². The van der Waals surface area contributed by atoms with E-state index in [0.717, 1.165) is 28.9 Å². The molecule has 1 unspecified atom stereocenters.